The van der Waals surface area contributed by atoms with Crippen LogP contribution in [0.2, 0.25) is 0 Å². The van der Waals surface area contributed by atoms with Gasteiger partial charge in [0.05, 0.1) is 12.2 Å². The van der Waals surface area contributed by atoms with Crippen LogP contribution >= 0.6 is 11.3 Å². The van der Waals surface area contributed by atoms with Crippen LogP contribution in [0.15, 0.2) is 24.3 Å². The average molecular weight is 302 g/mol. The first-order chi connectivity index (χ1) is 9.97. The summed E-state index contributed by atoms with van der Waals surface area (Å²) in [5, 5.41) is 4.01. The Morgan fingerprint density at radius 1 is 1.29 bits per heavy atom. The molecule has 0 saturated heterocycles. The fraction of sp³-hybridized carbons (Fsp3) is 0.412. The van der Waals surface area contributed by atoms with Gasteiger partial charge in [-0.3, -0.25) is 4.79 Å². The molecular weight excluding hydrogens is 280 g/mol. The molecule has 21 heavy (non-hydrogen) atoms. The molecule has 1 N–H and O–H groups in total. The van der Waals surface area contributed by atoms with E-state index in [0.29, 0.717) is 18.9 Å². The van der Waals surface area contributed by atoms with Gasteiger partial charge in [-0.1, -0.05) is 38.1 Å². The lowest BCUT2D eigenvalue weighted by atomic mass is 10.1. The van der Waals surface area contributed by atoms with E-state index in [1.54, 1.807) is 11.3 Å². The second kappa shape index (κ2) is 6.85. The minimum absolute atomic E-state index is 0.107. The Morgan fingerprint density at radius 2 is 2.00 bits per heavy atom. The first-order valence-corrected chi connectivity index (χ1v) is 8.08. The Kier molecular flexibility index (Phi) is 5.12. The van der Waals surface area contributed by atoms with Gasteiger partial charge in [-0.2, -0.15) is 0 Å². The summed E-state index contributed by atoms with van der Waals surface area (Å²) in [6.07, 6.45) is 0.572. The Morgan fingerprint density at radius 3 is 2.67 bits per heavy atom. The minimum atomic E-state index is 0.107. The molecule has 0 fully saturated rings. The van der Waals surface area contributed by atoms with E-state index in [1.165, 1.54) is 11.1 Å². The van der Waals surface area contributed by atoms with E-state index in [1.807, 2.05) is 32.9 Å². The lowest BCUT2D eigenvalue weighted by molar-refractivity contribution is -0.121. The lowest BCUT2D eigenvalue weighted by Gasteiger charge is -2.06. The van der Waals surface area contributed by atoms with E-state index in [-0.39, 0.29) is 5.91 Å². The van der Waals surface area contributed by atoms with Gasteiger partial charge in [-0.25, -0.2) is 4.98 Å². The third kappa shape index (κ3) is 4.14. The first kappa shape index (κ1) is 15.7. The molecule has 2 aromatic rings. The number of hydrogen-bond acceptors (Lipinski definition) is 3. The maximum atomic E-state index is 11.7. The van der Waals surface area contributed by atoms with Crippen molar-refractivity contribution in [2.45, 2.75) is 40.7 Å². The van der Waals surface area contributed by atoms with E-state index in [0.717, 1.165) is 15.6 Å². The molecule has 0 radical (unpaired) electrons. The van der Waals surface area contributed by atoms with Crippen molar-refractivity contribution in [1.82, 2.24) is 10.3 Å². The van der Waals surface area contributed by atoms with Crippen LogP contribution in [-0.4, -0.2) is 10.9 Å². The van der Waals surface area contributed by atoms with E-state index < -0.39 is 0 Å². The van der Waals surface area contributed by atoms with Crippen LogP contribution in [0.25, 0.3) is 10.6 Å². The van der Waals surface area contributed by atoms with Gasteiger partial charge in [0.2, 0.25) is 5.91 Å². The standard InChI is InChI=1S/C17H22N2OS/c1-11(2)9-16(20)18-10-15-13(4)19-17(21-15)14-8-6-5-7-12(14)3/h5-8,11H,9-10H2,1-4H3,(H,18,20). The van der Waals surface area contributed by atoms with Crippen LogP contribution in [0.3, 0.4) is 0 Å². The number of aryl methyl sites for hydroxylation is 2. The van der Waals surface area contributed by atoms with Crippen LogP contribution in [-0.2, 0) is 11.3 Å². The largest absolute Gasteiger partial charge is 0.351 e. The summed E-state index contributed by atoms with van der Waals surface area (Å²) in [6.45, 7) is 8.76. The smallest absolute Gasteiger partial charge is 0.220 e. The molecule has 0 spiro atoms. The van der Waals surface area contributed by atoms with Crippen LogP contribution in [0.4, 0.5) is 0 Å². The van der Waals surface area contributed by atoms with Crippen LogP contribution < -0.4 is 5.32 Å². The normalized spacial score (nSPS) is 10.9. The van der Waals surface area contributed by atoms with Gasteiger partial charge in [0.15, 0.2) is 0 Å². The average Bonchev–Trinajstić information content (AvgIpc) is 2.77. The topological polar surface area (TPSA) is 42.0 Å². The number of aromatic nitrogens is 1. The summed E-state index contributed by atoms with van der Waals surface area (Å²) in [5.41, 5.74) is 3.40. The fourth-order valence-electron chi connectivity index (χ4n) is 2.14. The van der Waals surface area contributed by atoms with Crippen molar-refractivity contribution in [3.63, 3.8) is 0 Å². The van der Waals surface area contributed by atoms with Crippen molar-refractivity contribution in [3.8, 4) is 10.6 Å². The maximum absolute atomic E-state index is 11.7. The van der Waals surface area contributed by atoms with Crippen LogP contribution in [0.5, 0.6) is 0 Å². The molecule has 0 aliphatic carbocycles. The number of hydrogen-bond donors (Lipinski definition) is 1. The van der Waals surface area contributed by atoms with E-state index in [4.69, 9.17) is 0 Å². The molecule has 2 rings (SSSR count). The molecule has 112 valence electrons. The lowest BCUT2D eigenvalue weighted by Crippen LogP contribution is -2.23. The SMILES string of the molecule is Cc1ccccc1-c1nc(C)c(CNC(=O)CC(C)C)s1. The third-order valence-electron chi connectivity index (χ3n) is 3.31. The molecule has 0 aliphatic heterocycles. The van der Waals surface area contributed by atoms with Crippen molar-refractivity contribution in [2.24, 2.45) is 5.92 Å². The highest BCUT2D eigenvalue weighted by molar-refractivity contribution is 7.15. The molecule has 0 saturated carbocycles. The number of thiazole rings is 1. The molecular formula is C17H22N2OS. The monoisotopic (exact) mass is 302 g/mol. The predicted octanol–water partition coefficient (Wildman–Crippen LogP) is 4.09. The summed E-state index contributed by atoms with van der Waals surface area (Å²) in [6, 6.07) is 8.25. The van der Waals surface area contributed by atoms with Gasteiger partial charge in [0, 0.05) is 16.9 Å². The molecule has 4 heteroatoms. The van der Waals surface area contributed by atoms with E-state index in [2.05, 4.69) is 29.4 Å². The maximum Gasteiger partial charge on any atom is 0.220 e. The number of nitrogens with zero attached hydrogens (tertiary/aromatic N) is 1. The Labute approximate surface area is 130 Å². The second-order valence-corrected chi connectivity index (χ2v) is 6.80. The van der Waals surface area contributed by atoms with Gasteiger partial charge in [0.1, 0.15) is 5.01 Å². The molecule has 1 aromatic carbocycles. The zero-order valence-corrected chi connectivity index (χ0v) is 13.9. The second-order valence-electron chi connectivity index (χ2n) is 5.72. The molecule has 1 heterocycles. The fourth-order valence-corrected chi connectivity index (χ4v) is 3.23. The number of benzene rings is 1. The summed E-state index contributed by atoms with van der Waals surface area (Å²) in [7, 11) is 0. The van der Waals surface area contributed by atoms with Gasteiger partial charge in [-0.15, -0.1) is 11.3 Å². The van der Waals surface area contributed by atoms with Crippen LogP contribution in [0, 0.1) is 19.8 Å². The Balaban J connectivity index is 2.10. The first-order valence-electron chi connectivity index (χ1n) is 7.26. The quantitative estimate of drug-likeness (QED) is 0.904. The highest BCUT2D eigenvalue weighted by Crippen LogP contribution is 2.29. The molecule has 1 aromatic heterocycles. The van der Waals surface area contributed by atoms with Gasteiger partial charge < -0.3 is 5.32 Å². The van der Waals surface area contributed by atoms with Gasteiger partial charge >= 0.3 is 0 Å². The summed E-state index contributed by atoms with van der Waals surface area (Å²) in [5.74, 6) is 0.491. The molecule has 0 bridgehead atoms. The van der Waals surface area contributed by atoms with E-state index in [9.17, 15) is 4.79 Å². The molecule has 0 atom stereocenters. The summed E-state index contributed by atoms with van der Waals surface area (Å²) in [4.78, 5) is 17.5. The highest BCUT2D eigenvalue weighted by Gasteiger charge is 2.12. The minimum Gasteiger partial charge on any atom is -0.351 e. The van der Waals surface area contributed by atoms with Gasteiger partial charge in [-0.05, 0) is 25.3 Å². The van der Waals surface area contributed by atoms with Crippen molar-refractivity contribution in [3.05, 3.63) is 40.4 Å². The number of rotatable bonds is 5. The van der Waals surface area contributed by atoms with E-state index >= 15 is 0 Å². The molecule has 1 amide bonds. The third-order valence-corrected chi connectivity index (χ3v) is 4.50. The predicted molar refractivity (Wildman–Crippen MR) is 88.3 cm³/mol. The zero-order valence-electron chi connectivity index (χ0n) is 13.1. The number of nitrogens with one attached hydrogen (secondary N) is 1. The van der Waals surface area contributed by atoms with Crippen molar-refractivity contribution >= 4 is 17.2 Å². The zero-order chi connectivity index (χ0) is 15.4. The number of carbonyl (C=O) groups is 1. The van der Waals surface area contributed by atoms with Crippen molar-refractivity contribution in [2.75, 3.05) is 0 Å². The number of amides is 1. The van der Waals surface area contributed by atoms with Crippen molar-refractivity contribution in [1.29, 1.82) is 0 Å². The Bertz CT molecular complexity index is 631. The highest BCUT2D eigenvalue weighted by atomic mass is 32.1. The van der Waals surface area contributed by atoms with Gasteiger partial charge in [0.25, 0.3) is 0 Å². The molecule has 0 aliphatic rings. The summed E-state index contributed by atoms with van der Waals surface area (Å²) >= 11 is 1.66. The molecule has 0 unspecified atom stereocenters. The molecule has 3 nitrogen and oxygen atoms in total. The van der Waals surface area contributed by atoms with Crippen molar-refractivity contribution < 1.29 is 4.79 Å². The number of carbonyl (C=O) groups excluding carboxylic acids is 1. The Hall–Kier alpha value is -1.68. The van der Waals surface area contributed by atoms with Crippen LogP contribution in [0.1, 0.15) is 36.4 Å². The summed E-state index contributed by atoms with van der Waals surface area (Å²) < 4.78 is 0.